The van der Waals surface area contributed by atoms with Gasteiger partial charge in [0.25, 0.3) is 0 Å². The molecule has 0 bridgehead atoms. The van der Waals surface area contributed by atoms with Crippen molar-refractivity contribution in [1.29, 1.82) is 0 Å². The molecule has 1 aromatic carbocycles. The number of aliphatic hydroxyl groups excluding tert-OH is 3. The number of carbonyl (C=O) groups is 1. The second-order valence-corrected chi connectivity index (χ2v) is 5.55. The van der Waals surface area contributed by atoms with Gasteiger partial charge in [0.15, 0.2) is 0 Å². The van der Waals surface area contributed by atoms with Crippen LogP contribution in [0.1, 0.15) is 24.2 Å². The van der Waals surface area contributed by atoms with E-state index in [4.69, 9.17) is 25.2 Å². The lowest BCUT2D eigenvalue weighted by atomic mass is 10.2. The molecule has 0 aliphatic carbocycles. The molecule has 24 heavy (non-hydrogen) atoms. The second kappa shape index (κ2) is 13.7. The molecule has 0 atom stereocenters. The van der Waals surface area contributed by atoms with Gasteiger partial charge in [-0.3, -0.25) is 4.90 Å². The molecule has 138 valence electrons. The Morgan fingerprint density at radius 3 is 1.83 bits per heavy atom. The van der Waals surface area contributed by atoms with Crippen LogP contribution in [-0.4, -0.2) is 77.4 Å². The third-order valence-electron chi connectivity index (χ3n) is 2.90. The number of phenols is 1. The fourth-order valence-electron chi connectivity index (χ4n) is 1.68. The highest BCUT2D eigenvalue weighted by molar-refractivity contribution is 5.89. The first kappa shape index (κ1) is 22.3. The van der Waals surface area contributed by atoms with Crippen LogP contribution in [0.25, 0.3) is 0 Å². The van der Waals surface area contributed by atoms with Crippen LogP contribution in [0.15, 0.2) is 24.3 Å². The summed E-state index contributed by atoms with van der Waals surface area (Å²) in [6, 6.07) is 6.01. The van der Waals surface area contributed by atoms with Crippen LogP contribution in [0, 0.1) is 5.92 Å². The molecule has 0 spiro atoms. The van der Waals surface area contributed by atoms with E-state index < -0.39 is 0 Å². The Kier molecular flexibility index (Phi) is 12.8. The van der Waals surface area contributed by atoms with Crippen molar-refractivity contribution in [3.8, 4) is 5.75 Å². The lowest BCUT2D eigenvalue weighted by molar-refractivity contribution is 0.0459. The first-order valence-electron chi connectivity index (χ1n) is 7.95. The van der Waals surface area contributed by atoms with Crippen LogP contribution in [0.5, 0.6) is 5.75 Å². The predicted molar refractivity (Wildman–Crippen MR) is 90.9 cm³/mol. The molecule has 7 heteroatoms. The monoisotopic (exact) mass is 343 g/mol. The Balaban J connectivity index is 0.000000470. The van der Waals surface area contributed by atoms with E-state index in [2.05, 4.69) is 0 Å². The molecule has 4 N–H and O–H groups in total. The molecule has 0 aliphatic heterocycles. The molecule has 1 aromatic rings. The van der Waals surface area contributed by atoms with Crippen molar-refractivity contribution in [3.05, 3.63) is 29.8 Å². The standard InChI is InChI=1S/C11H14O3.C6H15NO3/c1-8(2)7-14-11(13)9-3-5-10(12)6-4-9;8-4-1-7(2-5-9)3-6-10/h3-6,8,12H,7H2,1-2H3;8-10H,1-6H2. The van der Waals surface area contributed by atoms with Gasteiger partial charge in [0.2, 0.25) is 0 Å². The van der Waals surface area contributed by atoms with Crippen LogP contribution in [-0.2, 0) is 4.74 Å². The van der Waals surface area contributed by atoms with Crippen molar-refractivity contribution in [2.75, 3.05) is 46.1 Å². The van der Waals surface area contributed by atoms with Gasteiger partial charge in [-0.1, -0.05) is 13.8 Å². The van der Waals surface area contributed by atoms with Crippen LogP contribution in [0.2, 0.25) is 0 Å². The molecule has 0 aliphatic rings. The zero-order chi connectivity index (χ0) is 18.4. The van der Waals surface area contributed by atoms with Crippen molar-refractivity contribution in [1.82, 2.24) is 4.90 Å². The maximum absolute atomic E-state index is 11.4. The Hall–Kier alpha value is -1.67. The van der Waals surface area contributed by atoms with Gasteiger partial charge < -0.3 is 25.2 Å². The zero-order valence-electron chi connectivity index (χ0n) is 14.4. The number of phenolic OH excluding ortho intramolecular Hbond substituents is 1. The number of carbonyl (C=O) groups excluding carboxylic acids is 1. The first-order chi connectivity index (χ1) is 11.4. The van der Waals surface area contributed by atoms with Crippen molar-refractivity contribution < 1.29 is 30.0 Å². The van der Waals surface area contributed by atoms with Gasteiger partial charge >= 0.3 is 5.97 Å². The summed E-state index contributed by atoms with van der Waals surface area (Å²) in [7, 11) is 0. The summed E-state index contributed by atoms with van der Waals surface area (Å²) in [6.07, 6.45) is 0. The number of nitrogens with zero attached hydrogens (tertiary/aromatic N) is 1. The summed E-state index contributed by atoms with van der Waals surface area (Å²) in [5.41, 5.74) is 0.462. The molecule has 0 fully saturated rings. The van der Waals surface area contributed by atoms with Crippen LogP contribution < -0.4 is 0 Å². The van der Waals surface area contributed by atoms with Crippen LogP contribution >= 0.6 is 0 Å². The van der Waals surface area contributed by atoms with Crippen molar-refractivity contribution in [3.63, 3.8) is 0 Å². The van der Waals surface area contributed by atoms with E-state index in [1.165, 1.54) is 24.3 Å². The van der Waals surface area contributed by atoms with Crippen molar-refractivity contribution in [2.24, 2.45) is 5.92 Å². The van der Waals surface area contributed by atoms with Gasteiger partial charge in [-0.15, -0.1) is 0 Å². The third kappa shape index (κ3) is 11.0. The molecule has 0 radical (unpaired) electrons. The maximum Gasteiger partial charge on any atom is 0.338 e. The molecule has 0 saturated heterocycles. The van der Waals surface area contributed by atoms with E-state index in [1.807, 2.05) is 13.8 Å². The number of rotatable bonds is 9. The van der Waals surface area contributed by atoms with E-state index in [0.717, 1.165) is 0 Å². The smallest absolute Gasteiger partial charge is 0.338 e. The Morgan fingerprint density at radius 1 is 1.00 bits per heavy atom. The van der Waals surface area contributed by atoms with Crippen LogP contribution in [0.4, 0.5) is 0 Å². The summed E-state index contributed by atoms with van der Waals surface area (Å²) in [6.45, 7) is 6.12. The Morgan fingerprint density at radius 2 is 1.46 bits per heavy atom. The van der Waals surface area contributed by atoms with Crippen molar-refractivity contribution >= 4 is 5.97 Å². The summed E-state index contributed by atoms with van der Waals surface area (Å²) >= 11 is 0. The first-order valence-corrected chi connectivity index (χ1v) is 7.95. The fourth-order valence-corrected chi connectivity index (χ4v) is 1.68. The summed E-state index contributed by atoms with van der Waals surface area (Å²) < 4.78 is 5.01. The molecule has 1 rings (SSSR count). The minimum Gasteiger partial charge on any atom is -0.508 e. The minimum absolute atomic E-state index is 0.0694. The minimum atomic E-state index is -0.348. The predicted octanol–water partition coefficient (Wildman–Crippen LogP) is 0.470. The fraction of sp³-hybridized carbons (Fsp3) is 0.588. The molecular weight excluding hydrogens is 314 g/mol. The molecule has 7 nitrogen and oxygen atoms in total. The van der Waals surface area contributed by atoms with Crippen molar-refractivity contribution in [2.45, 2.75) is 13.8 Å². The Bertz CT molecular complexity index is 421. The molecule has 0 heterocycles. The topological polar surface area (TPSA) is 110 Å². The quantitative estimate of drug-likeness (QED) is 0.482. The number of hydrogen-bond acceptors (Lipinski definition) is 7. The number of esters is 1. The lowest BCUT2D eigenvalue weighted by Crippen LogP contribution is -2.32. The normalized spacial score (nSPS) is 10.5. The van der Waals surface area contributed by atoms with E-state index in [-0.39, 0.29) is 31.5 Å². The SMILES string of the molecule is CC(C)COC(=O)c1ccc(O)cc1.OCCN(CCO)CCO. The zero-order valence-corrected chi connectivity index (χ0v) is 14.4. The molecule has 0 aromatic heterocycles. The van der Waals surface area contributed by atoms with Gasteiger partial charge in [-0.05, 0) is 30.2 Å². The van der Waals surface area contributed by atoms with E-state index in [9.17, 15) is 4.79 Å². The van der Waals surface area contributed by atoms with Gasteiger partial charge in [-0.2, -0.15) is 0 Å². The van der Waals surface area contributed by atoms with E-state index >= 15 is 0 Å². The summed E-state index contributed by atoms with van der Waals surface area (Å²) in [5.74, 6) is 0.125. The number of ether oxygens (including phenoxy) is 1. The van der Waals surface area contributed by atoms with Gasteiger partial charge in [0.05, 0.1) is 32.0 Å². The van der Waals surface area contributed by atoms with Crippen LogP contribution in [0.3, 0.4) is 0 Å². The molecule has 0 unspecified atom stereocenters. The molecule has 0 amide bonds. The number of benzene rings is 1. The second-order valence-electron chi connectivity index (χ2n) is 5.55. The number of hydrogen-bond donors (Lipinski definition) is 4. The van der Waals surface area contributed by atoms with Gasteiger partial charge in [0.1, 0.15) is 5.75 Å². The third-order valence-corrected chi connectivity index (χ3v) is 2.90. The highest BCUT2D eigenvalue weighted by Crippen LogP contribution is 2.10. The highest BCUT2D eigenvalue weighted by atomic mass is 16.5. The van der Waals surface area contributed by atoms with E-state index in [1.54, 1.807) is 4.90 Å². The maximum atomic E-state index is 11.4. The average Bonchev–Trinajstić information content (AvgIpc) is 2.54. The number of aliphatic hydroxyl groups is 3. The average molecular weight is 343 g/mol. The van der Waals surface area contributed by atoms with Gasteiger partial charge in [-0.25, -0.2) is 4.79 Å². The summed E-state index contributed by atoms with van der Waals surface area (Å²) in [4.78, 5) is 13.1. The Labute approximate surface area is 143 Å². The highest BCUT2D eigenvalue weighted by Gasteiger charge is 2.07. The summed E-state index contributed by atoms with van der Waals surface area (Å²) in [5, 5.41) is 34.5. The molecule has 0 saturated carbocycles. The largest absolute Gasteiger partial charge is 0.508 e. The van der Waals surface area contributed by atoms with E-state index in [0.29, 0.717) is 37.7 Å². The van der Waals surface area contributed by atoms with Gasteiger partial charge in [0, 0.05) is 19.6 Å². The molecular formula is C17H29NO6. The lowest BCUT2D eigenvalue weighted by Gasteiger charge is -2.17. The number of aromatic hydroxyl groups is 1.